The maximum atomic E-state index is 5.38. The number of anilines is 1. The number of fused-ring (bicyclic) bond motifs is 1. The van der Waals surface area contributed by atoms with Crippen molar-refractivity contribution in [1.29, 1.82) is 0 Å². The van der Waals surface area contributed by atoms with Crippen molar-refractivity contribution in [3.63, 3.8) is 0 Å². The molecule has 1 aliphatic carbocycles. The number of aryl methyl sites for hydroxylation is 2. The molecule has 1 unspecified atom stereocenters. The van der Waals surface area contributed by atoms with Gasteiger partial charge in [-0.05, 0) is 67.1 Å². The minimum absolute atomic E-state index is 0.360. The van der Waals surface area contributed by atoms with Crippen LogP contribution >= 0.6 is 15.9 Å². The molecule has 2 nitrogen and oxygen atoms in total. The van der Waals surface area contributed by atoms with E-state index in [1.165, 1.54) is 23.1 Å². The molecule has 0 saturated heterocycles. The molecule has 1 atom stereocenters. The quantitative estimate of drug-likeness (QED) is 0.819. The Balaban J connectivity index is 1.88. The van der Waals surface area contributed by atoms with Gasteiger partial charge in [-0.1, -0.05) is 28.1 Å². The first kappa shape index (κ1) is 14.5. The molecule has 3 heteroatoms. The van der Waals surface area contributed by atoms with Crippen molar-refractivity contribution >= 4 is 21.6 Å². The summed E-state index contributed by atoms with van der Waals surface area (Å²) in [5.41, 5.74) is 5.22. The molecule has 0 aliphatic heterocycles. The highest BCUT2D eigenvalue weighted by atomic mass is 79.9. The van der Waals surface area contributed by atoms with Crippen molar-refractivity contribution in [2.75, 3.05) is 12.4 Å². The third-order valence-corrected chi connectivity index (χ3v) is 5.03. The largest absolute Gasteiger partial charge is 0.497 e. The fourth-order valence-corrected chi connectivity index (χ4v) is 3.32. The smallest absolute Gasteiger partial charge is 0.119 e. The van der Waals surface area contributed by atoms with Gasteiger partial charge in [0.15, 0.2) is 0 Å². The highest BCUT2D eigenvalue weighted by Gasteiger charge is 2.20. The molecular weight excluding hydrogens is 326 g/mol. The van der Waals surface area contributed by atoms with Gasteiger partial charge in [0, 0.05) is 10.2 Å². The number of halogens is 1. The summed E-state index contributed by atoms with van der Waals surface area (Å²) in [6, 6.07) is 13.2. The molecule has 0 fully saturated rings. The molecule has 21 heavy (non-hydrogen) atoms. The number of hydrogen-bond acceptors (Lipinski definition) is 2. The Bertz CT molecular complexity index is 654. The van der Waals surface area contributed by atoms with Crippen LogP contribution < -0.4 is 10.1 Å². The van der Waals surface area contributed by atoms with E-state index in [2.05, 4.69) is 64.6 Å². The van der Waals surface area contributed by atoms with Crippen LogP contribution in [-0.2, 0) is 6.42 Å². The lowest BCUT2D eigenvalue weighted by Crippen LogP contribution is -2.17. The fraction of sp³-hybridized carbons (Fsp3) is 0.333. The minimum Gasteiger partial charge on any atom is -0.497 e. The Morgan fingerprint density at radius 1 is 1.19 bits per heavy atom. The van der Waals surface area contributed by atoms with E-state index in [4.69, 9.17) is 4.74 Å². The topological polar surface area (TPSA) is 21.3 Å². The molecule has 110 valence electrons. The summed E-state index contributed by atoms with van der Waals surface area (Å²) in [7, 11) is 1.73. The van der Waals surface area contributed by atoms with Crippen molar-refractivity contribution in [2.45, 2.75) is 32.2 Å². The maximum absolute atomic E-state index is 5.38. The third-order valence-electron chi connectivity index (χ3n) is 4.18. The van der Waals surface area contributed by atoms with Crippen molar-refractivity contribution in [3.05, 3.63) is 57.6 Å². The van der Waals surface area contributed by atoms with E-state index in [1.807, 2.05) is 0 Å². The van der Waals surface area contributed by atoms with E-state index in [9.17, 15) is 0 Å². The summed E-state index contributed by atoms with van der Waals surface area (Å²) in [6.45, 7) is 2.11. The molecule has 3 rings (SSSR count). The third kappa shape index (κ3) is 3.08. The molecule has 0 aromatic heterocycles. The van der Waals surface area contributed by atoms with Gasteiger partial charge in [0.25, 0.3) is 0 Å². The number of rotatable bonds is 3. The number of methoxy groups -OCH3 is 1. The zero-order valence-electron chi connectivity index (χ0n) is 12.4. The lowest BCUT2D eigenvalue weighted by molar-refractivity contribution is 0.413. The van der Waals surface area contributed by atoms with Gasteiger partial charge in [0.2, 0.25) is 0 Å². The molecule has 0 heterocycles. The number of hydrogen-bond donors (Lipinski definition) is 1. The molecule has 1 N–H and O–H groups in total. The summed E-state index contributed by atoms with van der Waals surface area (Å²) >= 11 is 3.61. The van der Waals surface area contributed by atoms with Crippen LogP contribution in [0.1, 0.15) is 35.6 Å². The van der Waals surface area contributed by atoms with Crippen LogP contribution in [0.15, 0.2) is 40.9 Å². The maximum Gasteiger partial charge on any atom is 0.119 e. The van der Waals surface area contributed by atoms with Crippen LogP contribution in [0.25, 0.3) is 0 Å². The molecule has 0 saturated carbocycles. The van der Waals surface area contributed by atoms with Gasteiger partial charge >= 0.3 is 0 Å². The lowest BCUT2D eigenvalue weighted by atomic mass is 9.87. The molecule has 0 radical (unpaired) electrons. The van der Waals surface area contributed by atoms with E-state index >= 15 is 0 Å². The first-order valence-corrected chi connectivity index (χ1v) is 8.16. The van der Waals surface area contributed by atoms with Gasteiger partial charge in [0.1, 0.15) is 5.75 Å². The number of ether oxygens (including phenoxy) is 1. The van der Waals surface area contributed by atoms with Crippen molar-refractivity contribution in [2.24, 2.45) is 0 Å². The van der Waals surface area contributed by atoms with Crippen LogP contribution in [0, 0.1) is 6.92 Å². The second-order valence-corrected chi connectivity index (χ2v) is 6.47. The molecular formula is C18H20BrNO. The summed E-state index contributed by atoms with van der Waals surface area (Å²) < 4.78 is 6.53. The Labute approximate surface area is 134 Å². The van der Waals surface area contributed by atoms with Crippen molar-refractivity contribution < 1.29 is 4.74 Å². The molecule has 0 bridgehead atoms. The van der Waals surface area contributed by atoms with Crippen LogP contribution in [0.2, 0.25) is 0 Å². The minimum atomic E-state index is 0.360. The monoisotopic (exact) mass is 345 g/mol. The number of nitrogens with one attached hydrogen (secondary N) is 1. The second kappa shape index (κ2) is 6.10. The average Bonchev–Trinajstić information content (AvgIpc) is 2.51. The standard InChI is InChI=1S/C18H20BrNO/c1-12-6-8-14(10-17(12)19)20-18-5-3-4-13-7-9-15(21-2)11-16(13)18/h6-11,18,20H,3-5H2,1-2H3. The van der Waals surface area contributed by atoms with Crippen LogP contribution in [0.4, 0.5) is 5.69 Å². The Hall–Kier alpha value is -1.48. The molecule has 2 aromatic carbocycles. The predicted molar refractivity (Wildman–Crippen MR) is 91.2 cm³/mol. The first-order chi connectivity index (χ1) is 10.2. The SMILES string of the molecule is COc1ccc2c(c1)C(Nc1ccc(C)c(Br)c1)CCC2. The van der Waals surface area contributed by atoms with Gasteiger partial charge in [-0.2, -0.15) is 0 Å². The van der Waals surface area contributed by atoms with Crippen LogP contribution in [0.3, 0.4) is 0 Å². The molecule has 2 aromatic rings. The second-order valence-electron chi connectivity index (χ2n) is 5.62. The highest BCUT2D eigenvalue weighted by Crippen LogP contribution is 2.35. The Morgan fingerprint density at radius 3 is 2.81 bits per heavy atom. The predicted octanol–water partition coefficient (Wildman–Crippen LogP) is 5.26. The van der Waals surface area contributed by atoms with Gasteiger partial charge < -0.3 is 10.1 Å². The van der Waals surface area contributed by atoms with Gasteiger partial charge in [-0.25, -0.2) is 0 Å². The van der Waals surface area contributed by atoms with E-state index in [0.29, 0.717) is 6.04 Å². The van der Waals surface area contributed by atoms with Crippen LogP contribution in [0.5, 0.6) is 5.75 Å². The highest BCUT2D eigenvalue weighted by molar-refractivity contribution is 9.10. The molecule has 0 amide bonds. The van der Waals surface area contributed by atoms with E-state index in [-0.39, 0.29) is 0 Å². The zero-order valence-corrected chi connectivity index (χ0v) is 14.0. The molecule has 1 aliphatic rings. The molecule has 0 spiro atoms. The fourth-order valence-electron chi connectivity index (χ4n) is 2.94. The first-order valence-electron chi connectivity index (χ1n) is 7.37. The normalized spacial score (nSPS) is 17.2. The average molecular weight is 346 g/mol. The Morgan fingerprint density at radius 2 is 2.05 bits per heavy atom. The van der Waals surface area contributed by atoms with Gasteiger partial charge in [-0.15, -0.1) is 0 Å². The lowest BCUT2D eigenvalue weighted by Gasteiger charge is -2.28. The van der Waals surface area contributed by atoms with Gasteiger partial charge in [-0.3, -0.25) is 0 Å². The van der Waals surface area contributed by atoms with Crippen molar-refractivity contribution in [1.82, 2.24) is 0 Å². The van der Waals surface area contributed by atoms with E-state index < -0.39 is 0 Å². The summed E-state index contributed by atoms with van der Waals surface area (Å²) in [5.74, 6) is 0.938. The van der Waals surface area contributed by atoms with E-state index in [1.54, 1.807) is 7.11 Å². The summed E-state index contributed by atoms with van der Waals surface area (Å²) in [6.07, 6.45) is 3.55. The van der Waals surface area contributed by atoms with Crippen LogP contribution in [-0.4, -0.2) is 7.11 Å². The zero-order chi connectivity index (χ0) is 14.8. The Kier molecular flexibility index (Phi) is 4.20. The van der Waals surface area contributed by atoms with Crippen molar-refractivity contribution in [3.8, 4) is 5.75 Å². The summed E-state index contributed by atoms with van der Waals surface area (Å²) in [4.78, 5) is 0. The van der Waals surface area contributed by atoms with Gasteiger partial charge in [0.05, 0.1) is 13.2 Å². The summed E-state index contributed by atoms with van der Waals surface area (Å²) in [5, 5.41) is 3.67. The number of benzene rings is 2. The van der Waals surface area contributed by atoms with E-state index in [0.717, 1.165) is 28.8 Å².